The quantitative estimate of drug-likeness (QED) is 0.260. The zero-order valence-electron chi connectivity index (χ0n) is 21.0. The molecule has 0 saturated heterocycles. The molecule has 0 fully saturated rings. The lowest BCUT2D eigenvalue weighted by atomic mass is 10.0. The summed E-state index contributed by atoms with van der Waals surface area (Å²) in [5.41, 5.74) is 4.33. The van der Waals surface area contributed by atoms with Gasteiger partial charge in [0, 0.05) is 0 Å². The van der Waals surface area contributed by atoms with Gasteiger partial charge in [0.05, 0.1) is 35.0 Å². The Kier molecular flexibility index (Phi) is 9.96. The summed E-state index contributed by atoms with van der Waals surface area (Å²) in [6.07, 6.45) is 1.42. The minimum absolute atomic E-state index is 0.145. The van der Waals surface area contributed by atoms with E-state index in [1.165, 1.54) is 31.5 Å². The number of ether oxygens (including phenoxy) is 2. The predicted molar refractivity (Wildman–Crippen MR) is 144 cm³/mol. The summed E-state index contributed by atoms with van der Waals surface area (Å²) < 4.78 is 25.9. The fraction of sp³-hybridized carbons (Fsp3) is 0.214. The molecule has 2 N–H and O–H groups in total. The molecule has 3 aromatic carbocycles. The molecule has 196 valence electrons. The molecule has 0 aromatic heterocycles. The molecular formula is C28H26BrFN4O4. The van der Waals surface area contributed by atoms with Gasteiger partial charge in [0.25, 0.3) is 11.8 Å². The zero-order chi connectivity index (χ0) is 27.7. The maximum absolute atomic E-state index is 14.0. The van der Waals surface area contributed by atoms with Gasteiger partial charge >= 0.3 is 0 Å². The van der Waals surface area contributed by atoms with Crippen LogP contribution >= 0.6 is 15.9 Å². The number of carbonyl (C=O) groups excluding carboxylic acids is 2. The smallest absolute Gasteiger partial charge is 0.262 e. The highest BCUT2D eigenvalue weighted by Crippen LogP contribution is 2.36. The highest BCUT2D eigenvalue weighted by Gasteiger charge is 2.25. The monoisotopic (exact) mass is 580 g/mol. The van der Waals surface area contributed by atoms with Crippen molar-refractivity contribution in [1.82, 2.24) is 10.7 Å². The van der Waals surface area contributed by atoms with Gasteiger partial charge in [-0.05, 0) is 69.4 Å². The molecule has 0 heterocycles. The van der Waals surface area contributed by atoms with E-state index in [4.69, 9.17) is 14.7 Å². The van der Waals surface area contributed by atoms with E-state index in [1.807, 2.05) is 12.1 Å². The third kappa shape index (κ3) is 7.40. The normalized spacial score (nSPS) is 11.6. The van der Waals surface area contributed by atoms with Crippen LogP contribution in [0.5, 0.6) is 11.5 Å². The second kappa shape index (κ2) is 13.4. The van der Waals surface area contributed by atoms with Crippen LogP contribution in [-0.4, -0.2) is 31.2 Å². The van der Waals surface area contributed by atoms with Crippen molar-refractivity contribution in [1.29, 1.82) is 5.26 Å². The Bertz CT molecular complexity index is 1370. The number of nitriles is 1. The van der Waals surface area contributed by atoms with Crippen LogP contribution in [0.2, 0.25) is 0 Å². The molecule has 0 aliphatic carbocycles. The number of hydrogen-bond donors (Lipinski definition) is 2. The lowest BCUT2D eigenvalue weighted by molar-refractivity contribution is -0.123. The molecule has 0 bridgehead atoms. The van der Waals surface area contributed by atoms with E-state index in [-0.39, 0.29) is 18.1 Å². The first-order chi connectivity index (χ1) is 18.2. The van der Waals surface area contributed by atoms with Gasteiger partial charge in [-0.15, -0.1) is 0 Å². The first-order valence-corrected chi connectivity index (χ1v) is 12.4. The molecule has 0 radical (unpaired) electrons. The van der Waals surface area contributed by atoms with Gasteiger partial charge in [-0.25, -0.2) is 9.82 Å². The Morgan fingerprint density at radius 2 is 1.87 bits per heavy atom. The van der Waals surface area contributed by atoms with Gasteiger partial charge in [-0.1, -0.05) is 38.1 Å². The second-order valence-electron chi connectivity index (χ2n) is 8.54. The summed E-state index contributed by atoms with van der Waals surface area (Å²) in [5.74, 6) is -1.26. The molecule has 38 heavy (non-hydrogen) atoms. The van der Waals surface area contributed by atoms with Crippen LogP contribution in [0.4, 0.5) is 4.39 Å². The van der Waals surface area contributed by atoms with Crippen LogP contribution in [0.25, 0.3) is 0 Å². The highest BCUT2D eigenvalue weighted by atomic mass is 79.9. The molecule has 3 aromatic rings. The van der Waals surface area contributed by atoms with Crippen molar-refractivity contribution in [2.24, 2.45) is 11.0 Å². The Morgan fingerprint density at radius 3 is 2.50 bits per heavy atom. The molecule has 3 rings (SSSR count). The van der Waals surface area contributed by atoms with E-state index in [0.29, 0.717) is 27.1 Å². The number of nitrogens with one attached hydrogen (secondary N) is 2. The van der Waals surface area contributed by atoms with E-state index in [1.54, 1.807) is 44.2 Å². The summed E-state index contributed by atoms with van der Waals surface area (Å²) in [6.45, 7) is 3.78. The topological polar surface area (TPSA) is 113 Å². The van der Waals surface area contributed by atoms with Gasteiger partial charge in [0.1, 0.15) is 18.5 Å². The number of halogens is 2. The lowest BCUT2D eigenvalue weighted by Gasteiger charge is -2.20. The predicted octanol–water partition coefficient (Wildman–Crippen LogP) is 4.95. The summed E-state index contributed by atoms with van der Waals surface area (Å²) >= 11 is 3.48. The van der Waals surface area contributed by atoms with Crippen LogP contribution in [0.15, 0.2) is 70.2 Å². The number of amides is 2. The standard InChI is InChI=1S/C28H26BrFN4O4/c1-17(2)25(33-27(35)21-6-4-5-7-23(21)30)28(36)34-32-15-20-12-22(29)26(24(13-20)37-3)38-16-19-10-8-18(14-31)9-11-19/h4-13,15,17,25H,16H2,1-3H3,(H,33,35)(H,34,36). The number of rotatable bonds is 10. The van der Waals surface area contributed by atoms with Gasteiger partial charge in [0.2, 0.25) is 0 Å². The van der Waals surface area contributed by atoms with E-state index >= 15 is 0 Å². The van der Waals surface area contributed by atoms with Gasteiger partial charge in [0.15, 0.2) is 11.5 Å². The van der Waals surface area contributed by atoms with Crippen molar-refractivity contribution in [3.63, 3.8) is 0 Å². The average Bonchev–Trinajstić information content (AvgIpc) is 2.91. The number of carbonyl (C=O) groups is 2. The number of nitrogens with zero attached hydrogens (tertiary/aromatic N) is 2. The first kappa shape index (κ1) is 28.3. The Morgan fingerprint density at radius 1 is 1.16 bits per heavy atom. The summed E-state index contributed by atoms with van der Waals surface area (Å²) in [4.78, 5) is 25.2. The Hall–Kier alpha value is -4.23. The maximum Gasteiger partial charge on any atom is 0.262 e. The molecule has 0 aliphatic rings. The molecular weight excluding hydrogens is 555 g/mol. The van der Waals surface area contributed by atoms with Crippen LogP contribution < -0.4 is 20.2 Å². The van der Waals surface area contributed by atoms with Crippen molar-refractivity contribution in [2.45, 2.75) is 26.5 Å². The zero-order valence-corrected chi connectivity index (χ0v) is 22.6. The number of hydrogen-bond acceptors (Lipinski definition) is 6. The van der Waals surface area contributed by atoms with Crippen molar-refractivity contribution in [3.05, 3.63) is 93.2 Å². The van der Waals surface area contributed by atoms with Gasteiger partial charge < -0.3 is 14.8 Å². The molecule has 1 atom stereocenters. The van der Waals surface area contributed by atoms with E-state index in [0.717, 1.165) is 5.56 Å². The second-order valence-corrected chi connectivity index (χ2v) is 9.40. The van der Waals surface area contributed by atoms with Crippen LogP contribution in [0, 0.1) is 23.1 Å². The molecule has 10 heteroatoms. The van der Waals surface area contributed by atoms with Crippen molar-refractivity contribution in [2.75, 3.05) is 7.11 Å². The third-order valence-corrected chi connectivity index (χ3v) is 6.05. The van der Waals surface area contributed by atoms with Crippen molar-refractivity contribution in [3.8, 4) is 17.6 Å². The maximum atomic E-state index is 14.0. The van der Waals surface area contributed by atoms with Crippen molar-refractivity contribution < 1.29 is 23.5 Å². The summed E-state index contributed by atoms with van der Waals surface area (Å²) in [6, 6.07) is 17.2. The van der Waals surface area contributed by atoms with Crippen molar-refractivity contribution >= 4 is 34.0 Å². The Balaban J connectivity index is 1.66. The molecule has 0 aliphatic heterocycles. The molecule has 0 saturated carbocycles. The fourth-order valence-corrected chi connectivity index (χ4v) is 4.00. The number of hydrazone groups is 1. The highest BCUT2D eigenvalue weighted by molar-refractivity contribution is 9.10. The minimum atomic E-state index is -0.932. The van der Waals surface area contributed by atoms with Gasteiger partial charge in [-0.3, -0.25) is 9.59 Å². The molecule has 2 amide bonds. The largest absolute Gasteiger partial charge is 0.493 e. The summed E-state index contributed by atoms with van der Waals surface area (Å²) in [7, 11) is 1.50. The number of benzene rings is 3. The van der Waals surface area contributed by atoms with E-state index in [9.17, 15) is 14.0 Å². The van der Waals surface area contributed by atoms with E-state index < -0.39 is 23.7 Å². The summed E-state index contributed by atoms with van der Waals surface area (Å²) in [5, 5.41) is 15.5. The van der Waals surface area contributed by atoms with E-state index in [2.05, 4.69) is 37.8 Å². The lowest BCUT2D eigenvalue weighted by Crippen LogP contribution is -2.48. The van der Waals surface area contributed by atoms with Gasteiger partial charge in [-0.2, -0.15) is 10.4 Å². The number of methoxy groups -OCH3 is 1. The first-order valence-electron chi connectivity index (χ1n) is 11.6. The van der Waals surface area contributed by atoms with Crippen LogP contribution in [-0.2, 0) is 11.4 Å². The SMILES string of the molecule is COc1cc(C=NNC(=O)C(NC(=O)c2ccccc2F)C(C)C)cc(Br)c1OCc1ccc(C#N)cc1. The average molecular weight is 581 g/mol. The molecule has 0 spiro atoms. The Labute approximate surface area is 228 Å². The third-order valence-electron chi connectivity index (χ3n) is 5.46. The molecule has 1 unspecified atom stereocenters. The van der Waals surface area contributed by atoms with Crippen LogP contribution in [0.3, 0.4) is 0 Å². The molecule has 8 nitrogen and oxygen atoms in total. The minimum Gasteiger partial charge on any atom is -0.493 e. The van der Waals surface area contributed by atoms with Crippen LogP contribution in [0.1, 0.15) is 40.9 Å². The fourth-order valence-electron chi connectivity index (χ4n) is 3.42.